The number of nitrogens with zero attached hydrogens (tertiary/aromatic N) is 2. The second kappa shape index (κ2) is 4.62. The van der Waals surface area contributed by atoms with Crippen LogP contribution in [-0.2, 0) is 18.6 Å². The first-order valence-electron chi connectivity index (χ1n) is 5.61. The van der Waals surface area contributed by atoms with E-state index < -0.39 is 37.2 Å². The number of fused-ring (bicyclic) bond motifs is 1. The number of alkyl halides is 3. The lowest BCUT2D eigenvalue weighted by atomic mass is 9.73. The van der Waals surface area contributed by atoms with Gasteiger partial charge in [0.05, 0.1) is 5.41 Å². The van der Waals surface area contributed by atoms with Gasteiger partial charge in [-0.15, -0.1) is 0 Å². The maximum atomic E-state index is 13.2. The molecule has 1 aliphatic rings. The summed E-state index contributed by atoms with van der Waals surface area (Å²) in [6, 6.07) is 0. The number of aromatic carboxylic acids is 1. The van der Waals surface area contributed by atoms with E-state index in [9.17, 15) is 18.0 Å². The molecule has 18 heavy (non-hydrogen) atoms. The minimum absolute atomic E-state index is 0.0314. The van der Waals surface area contributed by atoms with Crippen molar-refractivity contribution in [2.75, 3.05) is 13.3 Å². The maximum Gasteiger partial charge on any atom is 0.356 e. The monoisotopic (exact) mass is 262 g/mol. The number of carbonyl (C=O) groups is 1. The van der Waals surface area contributed by atoms with Crippen molar-refractivity contribution < 1.29 is 23.1 Å². The number of halogens is 3. The molecule has 0 unspecified atom stereocenters. The molecule has 1 aliphatic carbocycles. The minimum Gasteiger partial charge on any atom is -0.476 e. The number of hydrogen-bond acceptors (Lipinski definition) is 2. The molecule has 0 amide bonds. The molecule has 100 valence electrons. The van der Waals surface area contributed by atoms with Gasteiger partial charge in [0.2, 0.25) is 0 Å². The summed E-state index contributed by atoms with van der Waals surface area (Å²) >= 11 is 0. The fraction of sp³-hybridized carbons (Fsp3) is 0.636. The maximum absolute atomic E-state index is 13.2. The standard InChI is InChI=1S/C11H13F3N2O2/c12-4-11(5-13)3-1-2-7-8(11)9(10(17)18)15-16(7)6-14/h1-6H2,(H,17,18). The molecule has 1 heterocycles. The van der Waals surface area contributed by atoms with Crippen molar-refractivity contribution in [2.24, 2.45) is 0 Å². The Morgan fingerprint density at radius 2 is 2.06 bits per heavy atom. The van der Waals surface area contributed by atoms with E-state index in [-0.39, 0.29) is 12.0 Å². The van der Waals surface area contributed by atoms with Gasteiger partial charge in [0.25, 0.3) is 0 Å². The van der Waals surface area contributed by atoms with Crippen molar-refractivity contribution in [1.82, 2.24) is 9.78 Å². The molecular weight excluding hydrogens is 249 g/mol. The van der Waals surface area contributed by atoms with Crippen molar-refractivity contribution in [3.63, 3.8) is 0 Å². The summed E-state index contributed by atoms with van der Waals surface area (Å²) in [7, 11) is 0. The molecule has 7 heteroatoms. The summed E-state index contributed by atoms with van der Waals surface area (Å²) in [5, 5.41) is 12.6. The number of aromatic nitrogens is 2. The van der Waals surface area contributed by atoms with Crippen molar-refractivity contribution in [1.29, 1.82) is 0 Å². The van der Waals surface area contributed by atoms with E-state index in [4.69, 9.17) is 5.11 Å². The first kappa shape index (κ1) is 12.9. The van der Waals surface area contributed by atoms with Gasteiger partial charge in [-0.2, -0.15) is 5.10 Å². The van der Waals surface area contributed by atoms with Crippen LogP contribution in [0, 0.1) is 0 Å². The van der Waals surface area contributed by atoms with Crippen molar-refractivity contribution in [3.8, 4) is 0 Å². The highest BCUT2D eigenvalue weighted by Crippen LogP contribution is 2.40. The summed E-state index contributed by atoms with van der Waals surface area (Å²) in [6.45, 7) is -3.01. The third-order valence-corrected chi connectivity index (χ3v) is 3.48. The van der Waals surface area contributed by atoms with E-state index in [1.807, 2.05) is 0 Å². The van der Waals surface area contributed by atoms with Crippen LogP contribution in [0.25, 0.3) is 0 Å². The molecule has 0 aliphatic heterocycles. The Labute approximate surface area is 101 Å². The Balaban J connectivity index is 2.67. The Hall–Kier alpha value is -1.53. The van der Waals surface area contributed by atoms with Crippen LogP contribution in [0.3, 0.4) is 0 Å². The molecule has 0 atom stereocenters. The van der Waals surface area contributed by atoms with Crippen LogP contribution in [0.4, 0.5) is 13.2 Å². The molecule has 0 saturated carbocycles. The third-order valence-electron chi connectivity index (χ3n) is 3.48. The topological polar surface area (TPSA) is 55.1 Å². The van der Waals surface area contributed by atoms with Gasteiger partial charge in [0.15, 0.2) is 12.5 Å². The summed E-state index contributed by atoms with van der Waals surface area (Å²) in [5.74, 6) is -1.38. The summed E-state index contributed by atoms with van der Waals surface area (Å²) in [4.78, 5) is 11.1. The normalized spacial score (nSPS) is 17.5. The molecule has 0 radical (unpaired) electrons. The van der Waals surface area contributed by atoms with Crippen LogP contribution in [0.5, 0.6) is 0 Å². The van der Waals surface area contributed by atoms with Gasteiger partial charge in [-0.3, -0.25) is 8.78 Å². The minimum atomic E-state index is -1.48. The molecule has 2 rings (SSSR count). The van der Waals surface area contributed by atoms with Crippen LogP contribution >= 0.6 is 0 Å². The van der Waals surface area contributed by atoms with E-state index in [2.05, 4.69) is 5.10 Å². The van der Waals surface area contributed by atoms with Crippen molar-refractivity contribution in [2.45, 2.75) is 31.5 Å². The molecule has 1 aromatic rings. The van der Waals surface area contributed by atoms with Gasteiger partial charge in [-0.1, -0.05) is 0 Å². The molecule has 4 nitrogen and oxygen atoms in total. The number of rotatable bonds is 4. The first-order chi connectivity index (χ1) is 8.59. The molecule has 0 saturated heterocycles. The van der Waals surface area contributed by atoms with Crippen LogP contribution < -0.4 is 0 Å². The fourth-order valence-electron chi connectivity index (χ4n) is 2.58. The van der Waals surface area contributed by atoms with Gasteiger partial charge in [-0.05, 0) is 19.3 Å². The lowest BCUT2D eigenvalue weighted by Crippen LogP contribution is -2.36. The Morgan fingerprint density at radius 3 is 2.56 bits per heavy atom. The number of carboxylic acids is 1. The lowest BCUT2D eigenvalue weighted by molar-refractivity contribution is 0.0684. The Kier molecular flexibility index (Phi) is 3.32. The van der Waals surface area contributed by atoms with E-state index in [1.165, 1.54) is 0 Å². The van der Waals surface area contributed by atoms with Gasteiger partial charge in [0, 0.05) is 11.3 Å². The molecule has 1 aromatic heterocycles. The highest BCUT2D eigenvalue weighted by atomic mass is 19.1. The third kappa shape index (κ3) is 1.69. The zero-order chi connectivity index (χ0) is 13.3. The number of carboxylic acid groups (broad SMARTS) is 1. The summed E-state index contributed by atoms with van der Waals surface area (Å²) in [5.41, 5.74) is -1.58. The molecule has 0 aromatic carbocycles. The van der Waals surface area contributed by atoms with E-state index in [0.717, 1.165) is 4.68 Å². The predicted molar refractivity (Wildman–Crippen MR) is 56.9 cm³/mol. The van der Waals surface area contributed by atoms with E-state index in [0.29, 0.717) is 18.5 Å². The largest absolute Gasteiger partial charge is 0.476 e. The SMILES string of the molecule is O=C(O)c1nn(CF)c2c1C(CF)(CF)CCC2. The lowest BCUT2D eigenvalue weighted by Gasteiger charge is -2.32. The highest BCUT2D eigenvalue weighted by molar-refractivity contribution is 5.88. The van der Waals surface area contributed by atoms with E-state index in [1.54, 1.807) is 0 Å². The van der Waals surface area contributed by atoms with Crippen molar-refractivity contribution in [3.05, 3.63) is 17.0 Å². The summed E-state index contributed by atoms with van der Waals surface area (Å²) < 4.78 is 40.1. The second-order valence-corrected chi connectivity index (χ2v) is 4.50. The van der Waals surface area contributed by atoms with Crippen LogP contribution in [0.15, 0.2) is 0 Å². The van der Waals surface area contributed by atoms with Gasteiger partial charge in [-0.25, -0.2) is 13.9 Å². The Bertz CT molecular complexity index is 469. The van der Waals surface area contributed by atoms with Gasteiger partial charge in [0.1, 0.15) is 13.3 Å². The van der Waals surface area contributed by atoms with Gasteiger partial charge < -0.3 is 5.11 Å². The van der Waals surface area contributed by atoms with Crippen LogP contribution in [-0.4, -0.2) is 34.2 Å². The molecule has 0 fully saturated rings. The molecular formula is C11H13F3N2O2. The average Bonchev–Trinajstić information content (AvgIpc) is 2.78. The van der Waals surface area contributed by atoms with Crippen molar-refractivity contribution >= 4 is 5.97 Å². The fourth-order valence-corrected chi connectivity index (χ4v) is 2.58. The summed E-state index contributed by atoms with van der Waals surface area (Å²) in [6.07, 6.45) is 1.10. The molecule has 0 spiro atoms. The molecule has 0 bridgehead atoms. The first-order valence-corrected chi connectivity index (χ1v) is 5.61. The Morgan fingerprint density at radius 1 is 1.39 bits per heavy atom. The van der Waals surface area contributed by atoms with Crippen LogP contribution in [0.2, 0.25) is 0 Å². The van der Waals surface area contributed by atoms with Gasteiger partial charge >= 0.3 is 5.97 Å². The average molecular weight is 262 g/mol. The van der Waals surface area contributed by atoms with Crippen LogP contribution in [0.1, 0.15) is 34.6 Å². The van der Waals surface area contributed by atoms with E-state index >= 15 is 0 Å². The quantitative estimate of drug-likeness (QED) is 0.903. The number of hydrogen-bond donors (Lipinski definition) is 1. The smallest absolute Gasteiger partial charge is 0.356 e. The second-order valence-electron chi connectivity index (χ2n) is 4.50. The highest BCUT2D eigenvalue weighted by Gasteiger charge is 2.43. The zero-order valence-electron chi connectivity index (χ0n) is 9.63. The molecule has 1 N–H and O–H groups in total. The zero-order valence-corrected chi connectivity index (χ0v) is 9.63. The predicted octanol–water partition coefficient (Wildman–Crippen LogP) is 2.02.